The van der Waals surface area contributed by atoms with Crippen molar-refractivity contribution >= 4 is 61.9 Å². The fourth-order valence-electron chi connectivity index (χ4n) is 3.94. The number of carbonyl (C=O) groups is 2. The Morgan fingerprint density at radius 2 is 1.67 bits per heavy atom. The molecule has 5 rings (SSSR count). The SMILES string of the molecule is COc1cc(/C=N\NC(=O)[C@H](C)Oc2cccc3ccccc23)ccc1OC(=O)c1sc2ccccc2c1Cl. The van der Waals surface area contributed by atoms with E-state index >= 15 is 0 Å². The lowest BCUT2D eigenvalue weighted by atomic mass is 10.1. The number of methoxy groups -OCH3 is 1. The van der Waals surface area contributed by atoms with Crippen molar-refractivity contribution in [3.05, 3.63) is 100 Å². The second-order valence-corrected chi connectivity index (χ2v) is 9.94. The van der Waals surface area contributed by atoms with Crippen molar-refractivity contribution in [3.8, 4) is 17.2 Å². The molecule has 39 heavy (non-hydrogen) atoms. The Balaban J connectivity index is 1.23. The van der Waals surface area contributed by atoms with Gasteiger partial charge in [0.05, 0.1) is 18.3 Å². The topological polar surface area (TPSA) is 86.2 Å². The third kappa shape index (κ3) is 5.72. The second kappa shape index (κ2) is 11.6. The average molecular weight is 559 g/mol. The van der Waals surface area contributed by atoms with E-state index in [1.54, 1.807) is 25.1 Å². The Kier molecular flexibility index (Phi) is 7.76. The number of esters is 1. The van der Waals surface area contributed by atoms with Gasteiger partial charge in [-0.15, -0.1) is 11.3 Å². The van der Waals surface area contributed by atoms with Crippen LogP contribution in [0, 0.1) is 0 Å². The normalized spacial score (nSPS) is 12.0. The Labute approximate surface area is 233 Å². The Morgan fingerprint density at radius 1 is 0.923 bits per heavy atom. The first kappa shape index (κ1) is 26.2. The van der Waals surface area contributed by atoms with Crippen molar-refractivity contribution in [2.45, 2.75) is 13.0 Å². The third-order valence-corrected chi connectivity index (χ3v) is 7.58. The van der Waals surface area contributed by atoms with Gasteiger partial charge in [0.25, 0.3) is 5.91 Å². The van der Waals surface area contributed by atoms with Crippen molar-refractivity contribution in [1.29, 1.82) is 0 Å². The van der Waals surface area contributed by atoms with Crippen LogP contribution in [0.5, 0.6) is 17.2 Å². The molecule has 1 amide bonds. The summed E-state index contributed by atoms with van der Waals surface area (Å²) in [6.07, 6.45) is 0.685. The third-order valence-electron chi connectivity index (χ3n) is 5.92. The molecule has 4 aromatic carbocycles. The highest BCUT2D eigenvalue weighted by molar-refractivity contribution is 7.21. The maximum absolute atomic E-state index is 12.8. The highest BCUT2D eigenvalue weighted by atomic mass is 35.5. The summed E-state index contributed by atoms with van der Waals surface area (Å²) in [4.78, 5) is 25.7. The second-order valence-electron chi connectivity index (χ2n) is 8.51. The number of carbonyl (C=O) groups excluding carboxylic acids is 2. The zero-order chi connectivity index (χ0) is 27.4. The van der Waals surface area contributed by atoms with E-state index in [0.29, 0.717) is 27.0 Å². The predicted molar refractivity (Wildman–Crippen MR) is 155 cm³/mol. The Morgan fingerprint density at radius 3 is 2.46 bits per heavy atom. The van der Waals surface area contributed by atoms with Gasteiger partial charge in [-0.25, -0.2) is 10.2 Å². The van der Waals surface area contributed by atoms with Crippen molar-refractivity contribution in [3.63, 3.8) is 0 Å². The number of hydrazone groups is 1. The molecule has 0 bridgehead atoms. The molecule has 0 saturated heterocycles. The minimum Gasteiger partial charge on any atom is -0.493 e. The van der Waals surface area contributed by atoms with Crippen LogP contribution in [-0.2, 0) is 4.79 Å². The predicted octanol–water partition coefficient (Wildman–Crippen LogP) is 6.85. The minimum absolute atomic E-state index is 0.231. The fraction of sp³-hybridized carbons (Fsp3) is 0.100. The van der Waals surface area contributed by atoms with Gasteiger partial charge < -0.3 is 14.2 Å². The summed E-state index contributed by atoms with van der Waals surface area (Å²) in [6, 6.07) is 25.9. The first-order valence-electron chi connectivity index (χ1n) is 12.0. The molecule has 0 radical (unpaired) electrons. The Hall–Kier alpha value is -4.40. The molecule has 1 atom stereocenters. The van der Waals surface area contributed by atoms with E-state index in [2.05, 4.69) is 10.5 Å². The summed E-state index contributed by atoms with van der Waals surface area (Å²) >= 11 is 7.68. The Bertz CT molecular complexity index is 1710. The van der Waals surface area contributed by atoms with E-state index in [0.717, 1.165) is 20.9 Å². The zero-order valence-electron chi connectivity index (χ0n) is 21.0. The highest BCUT2D eigenvalue weighted by Gasteiger charge is 2.20. The van der Waals surface area contributed by atoms with Gasteiger partial charge in [0.2, 0.25) is 0 Å². The summed E-state index contributed by atoms with van der Waals surface area (Å²) in [6.45, 7) is 1.65. The standard InChI is InChI=1S/C30H23ClN2O5S/c1-18(37-23-12-7-9-20-8-3-4-10-21(20)23)29(34)33-32-17-19-14-15-24(25(16-19)36-2)38-30(35)28-27(31)22-11-5-6-13-26(22)39-28/h3-18H,1-2H3,(H,33,34)/b32-17-/t18-/m0/s1. The molecule has 9 heteroatoms. The summed E-state index contributed by atoms with van der Waals surface area (Å²) < 4.78 is 17.8. The molecule has 0 fully saturated rings. The maximum atomic E-state index is 12.8. The molecule has 0 unspecified atom stereocenters. The molecule has 5 aromatic rings. The number of rotatable bonds is 8. The molecule has 1 heterocycles. The highest BCUT2D eigenvalue weighted by Crippen LogP contribution is 2.37. The molecule has 1 aromatic heterocycles. The van der Waals surface area contributed by atoms with Crippen molar-refractivity contribution in [2.24, 2.45) is 5.10 Å². The van der Waals surface area contributed by atoms with Crippen LogP contribution in [0.25, 0.3) is 20.9 Å². The van der Waals surface area contributed by atoms with Crippen molar-refractivity contribution in [1.82, 2.24) is 5.43 Å². The first-order chi connectivity index (χ1) is 18.9. The van der Waals surface area contributed by atoms with Gasteiger partial charge in [-0.1, -0.05) is 66.2 Å². The first-order valence-corrected chi connectivity index (χ1v) is 13.2. The van der Waals surface area contributed by atoms with Crippen LogP contribution in [-0.4, -0.2) is 31.3 Å². The van der Waals surface area contributed by atoms with Crippen LogP contribution >= 0.6 is 22.9 Å². The number of thiophene rings is 1. The fourth-order valence-corrected chi connectivity index (χ4v) is 5.33. The lowest BCUT2D eigenvalue weighted by Crippen LogP contribution is -2.33. The molecule has 0 aliphatic carbocycles. The lowest BCUT2D eigenvalue weighted by Gasteiger charge is -2.14. The molecule has 196 valence electrons. The van der Waals surface area contributed by atoms with Crippen LogP contribution in [0.3, 0.4) is 0 Å². The van der Waals surface area contributed by atoms with Crippen molar-refractivity contribution in [2.75, 3.05) is 7.11 Å². The molecule has 1 N–H and O–H groups in total. The van der Waals surface area contributed by atoms with Crippen LogP contribution in [0.15, 0.2) is 90.0 Å². The van der Waals surface area contributed by atoms with Gasteiger partial charge in [0.1, 0.15) is 10.6 Å². The van der Waals surface area contributed by atoms with Gasteiger partial charge in [0, 0.05) is 15.5 Å². The van der Waals surface area contributed by atoms with E-state index in [1.165, 1.54) is 24.7 Å². The molecule has 0 aliphatic rings. The average Bonchev–Trinajstić information content (AvgIpc) is 3.30. The number of hydrogen-bond donors (Lipinski definition) is 1. The van der Waals surface area contributed by atoms with Crippen LogP contribution in [0.4, 0.5) is 0 Å². The maximum Gasteiger partial charge on any atom is 0.355 e. The molecule has 0 aliphatic heterocycles. The van der Waals surface area contributed by atoms with Gasteiger partial charge in [-0.05, 0) is 48.2 Å². The smallest absolute Gasteiger partial charge is 0.355 e. The summed E-state index contributed by atoms with van der Waals surface area (Å²) in [5, 5.41) is 7.14. The molecule has 0 saturated carbocycles. The quantitative estimate of drug-likeness (QED) is 0.0973. The number of nitrogens with zero attached hydrogens (tertiary/aromatic N) is 1. The monoisotopic (exact) mass is 558 g/mol. The number of fused-ring (bicyclic) bond motifs is 2. The number of amides is 1. The zero-order valence-corrected chi connectivity index (χ0v) is 22.6. The van der Waals surface area contributed by atoms with E-state index in [9.17, 15) is 9.59 Å². The molecular weight excluding hydrogens is 536 g/mol. The van der Waals surface area contributed by atoms with Gasteiger partial charge in [-0.3, -0.25) is 4.79 Å². The lowest BCUT2D eigenvalue weighted by molar-refractivity contribution is -0.127. The molecule has 7 nitrogen and oxygen atoms in total. The number of ether oxygens (including phenoxy) is 3. The largest absolute Gasteiger partial charge is 0.493 e. The summed E-state index contributed by atoms with van der Waals surface area (Å²) in [7, 11) is 1.47. The van der Waals surface area contributed by atoms with E-state index < -0.39 is 18.0 Å². The summed E-state index contributed by atoms with van der Waals surface area (Å²) in [5.74, 6) is 0.189. The van der Waals surface area contributed by atoms with E-state index in [-0.39, 0.29) is 5.75 Å². The van der Waals surface area contributed by atoms with Gasteiger partial charge in [-0.2, -0.15) is 5.10 Å². The van der Waals surface area contributed by atoms with Crippen LogP contribution < -0.4 is 19.6 Å². The van der Waals surface area contributed by atoms with E-state index in [4.69, 9.17) is 25.8 Å². The number of halogens is 1. The minimum atomic E-state index is -0.773. The molecular formula is C30H23ClN2O5S. The van der Waals surface area contributed by atoms with Gasteiger partial charge >= 0.3 is 5.97 Å². The molecule has 0 spiro atoms. The van der Waals surface area contributed by atoms with Gasteiger partial charge in [0.15, 0.2) is 17.6 Å². The summed E-state index contributed by atoms with van der Waals surface area (Å²) in [5.41, 5.74) is 3.11. The number of benzene rings is 4. The van der Waals surface area contributed by atoms with Crippen molar-refractivity contribution < 1.29 is 23.8 Å². The van der Waals surface area contributed by atoms with Crippen LogP contribution in [0.1, 0.15) is 22.2 Å². The number of nitrogens with one attached hydrogen (secondary N) is 1. The number of hydrogen-bond acceptors (Lipinski definition) is 7. The van der Waals surface area contributed by atoms with Crippen LogP contribution in [0.2, 0.25) is 5.02 Å². The van der Waals surface area contributed by atoms with E-state index in [1.807, 2.05) is 66.7 Å².